The van der Waals surface area contributed by atoms with E-state index in [1.807, 2.05) is 60.4 Å². The molecule has 2 aliphatic rings. The molecule has 43 heavy (non-hydrogen) atoms. The Bertz CT molecular complexity index is 1430. The molecule has 3 aromatic carbocycles. The highest BCUT2D eigenvalue weighted by Crippen LogP contribution is 2.44. The number of carbonyl (C=O) groups is 2. The van der Waals surface area contributed by atoms with E-state index in [-0.39, 0.29) is 42.5 Å². The second-order valence-electron chi connectivity index (χ2n) is 11.9. The minimum Gasteiger partial charge on any atom is -0.493 e. The highest BCUT2D eigenvalue weighted by atomic mass is 35.5. The van der Waals surface area contributed by atoms with Crippen molar-refractivity contribution in [2.75, 3.05) is 12.0 Å². The maximum atomic E-state index is 13.9. The monoisotopic (exact) mass is 602 g/mol. The molecule has 5 rings (SSSR count). The molecule has 1 aliphatic carbocycles. The Morgan fingerprint density at radius 1 is 1.00 bits per heavy atom. The van der Waals surface area contributed by atoms with E-state index >= 15 is 0 Å². The normalized spacial score (nSPS) is 18.5. The smallest absolute Gasteiger partial charge is 0.232 e. The third-order valence-corrected chi connectivity index (χ3v) is 9.33. The zero-order valence-corrected chi connectivity index (χ0v) is 26.7. The van der Waals surface area contributed by atoms with Crippen molar-refractivity contribution in [3.05, 3.63) is 87.9 Å². The van der Waals surface area contributed by atoms with Gasteiger partial charge < -0.3 is 19.3 Å². The van der Waals surface area contributed by atoms with Crippen molar-refractivity contribution in [3.8, 4) is 11.5 Å². The number of rotatable bonds is 9. The number of halogens is 1. The number of hydrogen-bond acceptors (Lipinski definition) is 4. The molecule has 228 valence electrons. The van der Waals surface area contributed by atoms with Crippen molar-refractivity contribution >= 4 is 29.1 Å². The van der Waals surface area contributed by atoms with Gasteiger partial charge in [0, 0.05) is 23.7 Å². The quantitative estimate of drug-likeness (QED) is 0.246. The minimum atomic E-state index is -0.377. The number of fused-ring (bicyclic) bond motifs is 1. The Balaban J connectivity index is 1.54. The van der Waals surface area contributed by atoms with Crippen LogP contribution in [0.2, 0.25) is 5.02 Å². The molecule has 1 saturated carbocycles. The van der Waals surface area contributed by atoms with Crippen LogP contribution in [0, 0.1) is 0 Å². The Morgan fingerprint density at radius 2 is 1.67 bits per heavy atom. The number of carbonyl (C=O) groups excluding carboxylic acids is 2. The van der Waals surface area contributed by atoms with E-state index in [0.717, 1.165) is 47.2 Å². The lowest BCUT2D eigenvalue weighted by atomic mass is 9.86. The number of amides is 2. The summed E-state index contributed by atoms with van der Waals surface area (Å²) in [5.41, 5.74) is 4.74. The fourth-order valence-corrected chi connectivity index (χ4v) is 6.78. The van der Waals surface area contributed by atoms with Gasteiger partial charge in [-0.3, -0.25) is 9.59 Å². The molecule has 3 unspecified atom stereocenters. The van der Waals surface area contributed by atoms with Crippen LogP contribution >= 0.6 is 11.6 Å². The van der Waals surface area contributed by atoms with Crippen molar-refractivity contribution in [3.63, 3.8) is 0 Å². The molecule has 0 N–H and O–H groups in total. The largest absolute Gasteiger partial charge is 0.493 e. The molecular formula is C36H43ClN2O4. The van der Waals surface area contributed by atoms with Crippen molar-refractivity contribution in [1.29, 1.82) is 0 Å². The molecule has 1 heterocycles. The first-order chi connectivity index (χ1) is 20.7. The first-order valence-electron chi connectivity index (χ1n) is 15.6. The second-order valence-corrected chi connectivity index (χ2v) is 12.4. The molecule has 6 nitrogen and oxygen atoms in total. The van der Waals surface area contributed by atoms with Gasteiger partial charge in [0.15, 0.2) is 11.5 Å². The zero-order valence-electron chi connectivity index (χ0n) is 25.9. The van der Waals surface area contributed by atoms with E-state index in [9.17, 15) is 9.59 Å². The topological polar surface area (TPSA) is 59.1 Å². The SMILES string of the molecule is CCC(C)Oc1cc2c(cc1OC)CC(=O)N(c1ccc(C(C)N(C(C)=O)C3CCCCC3)cc1)C2c1ccc(Cl)cc1. The van der Waals surface area contributed by atoms with Crippen LogP contribution in [-0.2, 0) is 16.0 Å². The van der Waals surface area contributed by atoms with Crippen LogP contribution in [0.3, 0.4) is 0 Å². The fourth-order valence-electron chi connectivity index (χ4n) is 6.65. The Hall–Kier alpha value is -3.51. The van der Waals surface area contributed by atoms with Gasteiger partial charge >= 0.3 is 0 Å². The summed E-state index contributed by atoms with van der Waals surface area (Å²) in [4.78, 5) is 30.6. The van der Waals surface area contributed by atoms with E-state index < -0.39 is 0 Å². The molecule has 7 heteroatoms. The number of hydrogen-bond donors (Lipinski definition) is 0. The predicted octanol–water partition coefficient (Wildman–Crippen LogP) is 8.45. The highest BCUT2D eigenvalue weighted by Gasteiger charge is 2.36. The van der Waals surface area contributed by atoms with E-state index in [0.29, 0.717) is 16.5 Å². The van der Waals surface area contributed by atoms with Gasteiger partial charge in [-0.05, 0) is 91.8 Å². The van der Waals surface area contributed by atoms with Crippen LogP contribution < -0.4 is 14.4 Å². The summed E-state index contributed by atoms with van der Waals surface area (Å²) in [5.74, 6) is 1.40. The highest BCUT2D eigenvalue weighted by molar-refractivity contribution is 6.30. The predicted molar refractivity (Wildman–Crippen MR) is 172 cm³/mol. The van der Waals surface area contributed by atoms with Gasteiger partial charge in [0.05, 0.1) is 31.7 Å². The molecule has 0 spiro atoms. The molecule has 3 aromatic rings. The first-order valence-corrected chi connectivity index (χ1v) is 15.9. The molecule has 2 amide bonds. The minimum absolute atomic E-state index is 0.00142. The van der Waals surface area contributed by atoms with E-state index in [2.05, 4.69) is 30.9 Å². The van der Waals surface area contributed by atoms with Crippen LogP contribution in [0.1, 0.15) is 101 Å². The second kappa shape index (κ2) is 13.4. The zero-order chi connectivity index (χ0) is 30.7. The van der Waals surface area contributed by atoms with Crippen molar-refractivity contribution in [2.45, 2.75) is 96.9 Å². The first kappa shape index (κ1) is 30.9. The average molecular weight is 603 g/mol. The molecular weight excluding hydrogens is 560 g/mol. The summed E-state index contributed by atoms with van der Waals surface area (Å²) in [6.07, 6.45) is 6.81. The van der Waals surface area contributed by atoms with Crippen molar-refractivity contribution < 1.29 is 19.1 Å². The molecule has 1 fully saturated rings. The Kier molecular flexibility index (Phi) is 9.65. The number of ether oxygens (including phenoxy) is 2. The molecule has 3 atom stereocenters. The third-order valence-electron chi connectivity index (χ3n) is 9.08. The van der Waals surface area contributed by atoms with Gasteiger partial charge in [-0.25, -0.2) is 0 Å². The molecule has 0 radical (unpaired) electrons. The molecule has 1 aliphatic heterocycles. The van der Waals surface area contributed by atoms with E-state index in [1.54, 1.807) is 14.0 Å². The summed E-state index contributed by atoms with van der Waals surface area (Å²) in [6, 6.07) is 19.7. The lowest BCUT2D eigenvalue weighted by molar-refractivity contribution is -0.134. The standard InChI is InChI=1S/C36H43ClN2O4/c1-6-23(2)43-34-22-32-28(20-33(34)42-5)21-35(41)39(36(32)27-12-16-29(37)17-13-27)31-18-14-26(15-19-31)24(3)38(25(4)40)30-10-8-7-9-11-30/h12-20,22-24,30,36H,6-11,21H2,1-5H3. The van der Waals surface area contributed by atoms with Crippen LogP contribution in [0.25, 0.3) is 0 Å². The fraction of sp³-hybridized carbons (Fsp3) is 0.444. The van der Waals surface area contributed by atoms with Crippen LogP contribution in [0.4, 0.5) is 5.69 Å². The van der Waals surface area contributed by atoms with Crippen LogP contribution in [0.5, 0.6) is 11.5 Å². The summed E-state index contributed by atoms with van der Waals surface area (Å²) < 4.78 is 12.0. The number of nitrogens with zero attached hydrogens (tertiary/aromatic N) is 2. The van der Waals surface area contributed by atoms with Gasteiger partial charge in [-0.1, -0.05) is 62.1 Å². The van der Waals surface area contributed by atoms with Crippen LogP contribution in [-0.4, -0.2) is 36.0 Å². The third kappa shape index (κ3) is 6.54. The molecule has 0 saturated heterocycles. The summed E-state index contributed by atoms with van der Waals surface area (Å²) >= 11 is 6.28. The number of benzene rings is 3. The van der Waals surface area contributed by atoms with E-state index in [4.69, 9.17) is 21.1 Å². The van der Waals surface area contributed by atoms with Gasteiger partial charge in [0.1, 0.15) is 0 Å². The maximum absolute atomic E-state index is 13.9. The lowest BCUT2D eigenvalue weighted by Gasteiger charge is -2.39. The van der Waals surface area contributed by atoms with Gasteiger partial charge in [0.2, 0.25) is 11.8 Å². The average Bonchev–Trinajstić information content (AvgIpc) is 3.01. The Morgan fingerprint density at radius 3 is 2.28 bits per heavy atom. The maximum Gasteiger partial charge on any atom is 0.232 e. The lowest BCUT2D eigenvalue weighted by Crippen LogP contribution is -2.42. The Labute approximate surface area is 260 Å². The van der Waals surface area contributed by atoms with Gasteiger partial charge in [0.25, 0.3) is 0 Å². The number of methoxy groups -OCH3 is 1. The van der Waals surface area contributed by atoms with Crippen molar-refractivity contribution in [2.24, 2.45) is 0 Å². The van der Waals surface area contributed by atoms with Crippen molar-refractivity contribution in [1.82, 2.24) is 4.90 Å². The summed E-state index contributed by atoms with van der Waals surface area (Å²) in [7, 11) is 1.63. The summed E-state index contributed by atoms with van der Waals surface area (Å²) in [6.45, 7) is 7.90. The van der Waals surface area contributed by atoms with Gasteiger partial charge in [-0.2, -0.15) is 0 Å². The molecule has 0 bridgehead atoms. The van der Waals surface area contributed by atoms with Crippen LogP contribution in [0.15, 0.2) is 60.7 Å². The molecule has 0 aromatic heterocycles. The number of anilines is 1. The van der Waals surface area contributed by atoms with E-state index in [1.165, 1.54) is 19.3 Å². The van der Waals surface area contributed by atoms with Gasteiger partial charge in [-0.15, -0.1) is 0 Å². The summed E-state index contributed by atoms with van der Waals surface area (Å²) in [5, 5.41) is 0.638.